The molecule has 0 aliphatic carbocycles. The number of hydrogen-bond acceptors (Lipinski definition) is 3. The fraction of sp³-hybridized carbons (Fsp3) is 0.280. The molecule has 0 amide bonds. The molecule has 0 saturated heterocycles. The Labute approximate surface area is 184 Å². The van der Waals surface area contributed by atoms with E-state index < -0.39 is 6.10 Å². The first-order valence-electron chi connectivity index (χ1n) is 10.0. The lowest BCUT2D eigenvalue weighted by molar-refractivity contribution is 0.165. The lowest BCUT2D eigenvalue weighted by atomic mass is 10.0. The van der Waals surface area contributed by atoms with E-state index >= 15 is 0 Å². The molecule has 0 aliphatic heterocycles. The van der Waals surface area contributed by atoms with E-state index in [9.17, 15) is 9.50 Å². The predicted molar refractivity (Wildman–Crippen MR) is 122 cm³/mol. The van der Waals surface area contributed by atoms with E-state index in [1.54, 1.807) is 18.2 Å². The number of aliphatic hydroxyl groups is 1. The third kappa shape index (κ3) is 7.45. The summed E-state index contributed by atoms with van der Waals surface area (Å²) in [6.45, 7) is 2.96. The van der Waals surface area contributed by atoms with Gasteiger partial charge in [0.1, 0.15) is 18.2 Å². The average Bonchev–Trinajstić information content (AvgIpc) is 2.76. The molecule has 2 N–H and O–H groups in total. The standard InChI is InChI=1S/C25H28FNO2.ClH/c1-19(27-17-25(28)23-9-5-6-10-24(23)26)11-12-20-13-15-22(16-14-20)29-18-21-7-3-2-4-8-21;/h2-10,13-16,19,25,27-28H,11-12,17-18H2,1H3;1H/t19-,25-;/m0./s1. The molecule has 0 heterocycles. The van der Waals surface area contributed by atoms with Crippen LogP contribution in [0.3, 0.4) is 0 Å². The van der Waals surface area contributed by atoms with Crippen molar-refractivity contribution in [3.8, 4) is 5.75 Å². The van der Waals surface area contributed by atoms with Crippen LogP contribution in [0.1, 0.15) is 36.1 Å². The van der Waals surface area contributed by atoms with E-state index in [2.05, 4.69) is 24.4 Å². The quantitative estimate of drug-likeness (QED) is 0.449. The van der Waals surface area contributed by atoms with Crippen molar-refractivity contribution in [3.05, 3.63) is 101 Å². The monoisotopic (exact) mass is 429 g/mol. The van der Waals surface area contributed by atoms with E-state index in [1.165, 1.54) is 11.6 Å². The number of nitrogens with one attached hydrogen (secondary N) is 1. The first-order chi connectivity index (χ1) is 14.1. The van der Waals surface area contributed by atoms with Crippen LogP contribution in [0, 0.1) is 5.82 Å². The van der Waals surface area contributed by atoms with Gasteiger partial charge in [0, 0.05) is 18.2 Å². The summed E-state index contributed by atoms with van der Waals surface area (Å²) < 4.78 is 19.5. The third-order valence-corrected chi connectivity index (χ3v) is 4.96. The number of rotatable bonds is 10. The van der Waals surface area contributed by atoms with Crippen molar-refractivity contribution >= 4 is 12.4 Å². The number of aliphatic hydroxyl groups excluding tert-OH is 1. The van der Waals surface area contributed by atoms with Crippen LogP contribution in [-0.4, -0.2) is 17.7 Å². The second kappa shape index (κ2) is 12.3. The van der Waals surface area contributed by atoms with Gasteiger partial charge in [-0.3, -0.25) is 0 Å². The summed E-state index contributed by atoms with van der Waals surface area (Å²) in [6, 6.07) is 24.8. The first kappa shape index (κ1) is 23.9. The molecule has 160 valence electrons. The van der Waals surface area contributed by atoms with Gasteiger partial charge in [-0.15, -0.1) is 12.4 Å². The minimum absolute atomic E-state index is 0. The Morgan fingerprint density at radius 1 is 0.900 bits per heavy atom. The van der Waals surface area contributed by atoms with Crippen molar-refractivity contribution in [2.75, 3.05) is 6.54 Å². The van der Waals surface area contributed by atoms with Gasteiger partial charge in [-0.2, -0.15) is 0 Å². The van der Waals surface area contributed by atoms with E-state index in [-0.39, 0.29) is 24.3 Å². The highest BCUT2D eigenvalue weighted by Crippen LogP contribution is 2.17. The number of aryl methyl sites for hydroxylation is 1. The number of benzene rings is 3. The lowest BCUT2D eigenvalue weighted by Gasteiger charge is -2.18. The predicted octanol–water partition coefficient (Wildman–Crippen LogP) is 5.47. The molecular formula is C25H29ClFNO2. The van der Waals surface area contributed by atoms with Crippen LogP contribution in [-0.2, 0) is 13.0 Å². The second-order valence-electron chi connectivity index (χ2n) is 7.30. The van der Waals surface area contributed by atoms with Gasteiger partial charge in [0.15, 0.2) is 0 Å². The Bertz CT molecular complexity index is 874. The van der Waals surface area contributed by atoms with Crippen LogP contribution in [0.4, 0.5) is 4.39 Å². The molecule has 3 nitrogen and oxygen atoms in total. The lowest BCUT2D eigenvalue weighted by Crippen LogP contribution is -2.31. The van der Waals surface area contributed by atoms with Crippen molar-refractivity contribution in [2.45, 2.75) is 38.5 Å². The molecule has 0 unspecified atom stereocenters. The normalized spacial score (nSPS) is 12.6. The molecule has 0 aromatic heterocycles. The molecule has 0 spiro atoms. The molecule has 3 rings (SSSR count). The van der Waals surface area contributed by atoms with Gasteiger partial charge in [0.05, 0.1) is 6.10 Å². The summed E-state index contributed by atoms with van der Waals surface area (Å²) in [4.78, 5) is 0. The molecule has 3 aromatic rings. The van der Waals surface area contributed by atoms with Gasteiger partial charge in [-0.25, -0.2) is 4.39 Å². The molecular weight excluding hydrogens is 401 g/mol. The molecule has 3 aromatic carbocycles. The van der Waals surface area contributed by atoms with Gasteiger partial charge in [-0.05, 0) is 49.1 Å². The SMILES string of the molecule is C[C@@H](CCc1ccc(OCc2ccccc2)cc1)NC[C@H](O)c1ccccc1F.Cl. The van der Waals surface area contributed by atoms with Crippen molar-refractivity contribution < 1.29 is 14.2 Å². The summed E-state index contributed by atoms with van der Waals surface area (Å²) in [6.07, 6.45) is 0.997. The highest BCUT2D eigenvalue weighted by Gasteiger charge is 2.13. The summed E-state index contributed by atoms with van der Waals surface area (Å²) in [5, 5.41) is 13.5. The maximum atomic E-state index is 13.7. The third-order valence-electron chi connectivity index (χ3n) is 4.96. The molecule has 0 radical (unpaired) electrons. The molecule has 0 fully saturated rings. The fourth-order valence-electron chi connectivity index (χ4n) is 3.15. The van der Waals surface area contributed by atoms with Crippen LogP contribution >= 0.6 is 12.4 Å². The highest BCUT2D eigenvalue weighted by atomic mass is 35.5. The van der Waals surface area contributed by atoms with Crippen LogP contribution in [0.2, 0.25) is 0 Å². The molecule has 5 heteroatoms. The van der Waals surface area contributed by atoms with Crippen molar-refractivity contribution in [1.29, 1.82) is 0 Å². The Morgan fingerprint density at radius 3 is 2.27 bits per heavy atom. The first-order valence-corrected chi connectivity index (χ1v) is 10.0. The zero-order valence-electron chi connectivity index (χ0n) is 17.1. The zero-order valence-corrected chi connectivity index (χ0v) is 17.9. The van der Waals surface area contributed by atoms with E-state index in [1.807, 2.05) is 42.5 Å². The van der Waals surface area contributed by atoms with Gasteiger partial charge >= 0.3 is 0 Å². The minimum Gasteiger partial charge on any atom is -0.489 e. The Hall–Kier alpha value is -2.40. The summed E-state index contributed by atoms with van der Waals surface area (Å²) >= 11 is 0. The van der Waals surface area contributed by atoms with E-state index in [0.717, 1.165) is 24.2 Å². The van der Waals surface area contributed by atoms with E-state index in [0.29, 0.717) is 18.7 Å². The van der Waals surface area contributed by atoms with E-state index in [4.69, 9.17) is 4.74 Å². The summed E-state index contributed by atoms with van der Waals surface area (Å²) in [7, 11) is 0. The smallest absolute Gasteiger partial charge is 0.129 e. The maximum absolute atomic E-state index is 13.7. The van der Waals surface area contributed by atoms with Crippen LogP contribution in [0.15, 0.2) is 78.9 Å². The number of hydrogen-bond donors (Lipinski definition) is 2. The van der Waals surface area contributed by atoms with Crippen LogP contribution in [0.5, 0.6) is 5.75 Å². The van der Waals surface area contributed by atoms with Crippen molar-refractivity contribution in [3.63, 3.8) is 0 Å². The zero-order chi connectivity index (χ0) is 20.5. The minimum atomic E-state index is -0.848. The highest BCUT2D eigenvalue weighted by molar-refractivity contribution is 5.85. The van der Waals surface area contributed by atoms with Gasteiger partial charge in [0.25, 0.3) is 0 Å². The molecule has 0 saturated carbocycles. The van der Waals surface area contributed by atoms with Gasteiger partial charge in [-0.1, -0.05) is 60.7 Å². The second-order valence-corrected chi connectivity index (χ2v) is 7.30. The summed E-state index contributed by atoms with van der Waals surface area (Å²) in [5.74, 6) is 0.487. The van der Waals surface area contributed by atoms with Crippen LogP contribution in [0.25, 0.3) is 0 Å². The molecule has 0 bridgehead atoms. The summed E-state index contributed by atoms with van der Waals surface area (Å²) in [5.41, 5.74) is 2.72. The van der Waals surface area contributed by atoms with Crippen molar-refractivity contribution in [1.82, 2.24) is 5.32 Å². The Balaban J connectivity index is 0.00000320. The van der Waals surface area contributed by atoms with Crippen molar-refractivity contribution in [2.24, 2.45) is 0 Å². The van der Waals surface area contributed by atoms with Gasteiger partial charge < -0.3 is 15.2 Å². The molecule has 30 heavy (non-hydrogen) atoms. The number of halogens is 2. The molecule has 0 aliphatic rings. The topological polar surface area (TPSA) is 41.5 Å². The van der Waals surface area contributed by atoms with Crippen LogP contribution < -0.4 is 10.1 Å². The fourth-order valence-corrected chi connectivity index (χ4v) is 3.15. The Kier molecular flexibility index (Phi) is 9.81. The average molecular weight is 430 g/mol. The Morgan fingerprint density at radius 2 is 1.57 bits per heavy atom. The molecule has 2 atom stereocenters. The maximum Gasteiger partial charge on any atom is 0.129 e. The largest absolute Gasteiger partial charge is 0.489 e. The number of ether oxygens (including phenoxy) is 1. The van der Waals surface area contributed by atoms with Gasteiger partial charge in [0.2, 0.25) is 0 Å².